The average molecular weight is 373 g/mol. The van der Waals surface area contributed by atoms with Gasteiger partial charge < -0.3 is 9.80 Å². The lowest BCUT2D eigenvalue weighted by molar-refractivity contribution is -0.136. The first-order valence-electron chi connectivity index (χ1n) is 10.1. The van der Waals surface area contributed by atoms with Gasteiger partial charge in [0.25, 0.3) is 5.91 Å². The van der Waals surface area contributed by atoms with Gasteiger partial charge in [-0.3, -0.25) is 14.7 Å². The van der Waals surface area contributed by atoms with Crippen LogP contribution in [0.3, 0.4) is 0 Å². The fourth-order valence-corrected chi connectivity index (χ4v) is 4.30. The Hall–Kier alpha value is -1.95. The number of urea groups is 1. The van der Waals surface area contributed by atoms with Gasteiger partial charge >= 0.3 is 6.03 Å². The highest BCUT2D eigenvalue weighted by molar-refractivity contribution is 6.07. The van der Waals surface area contributed by atoms with Gasteiger partial charge in [0.05, 0.1) is 12.2 Å². The van der Waals surface area contributed by atoms with E-state index in [-0.39, 0.29) is 18.5 Å². The molecule has 27 heavy (non-hydrogen) atoms. The number of carbonyl (C=O) groups is 2. The van der Waals surface area contributed by atoms with Crippen LogP contribution in [0.5, 0.6) is 0 Å². The van der Waals surface area contributed by atoms with E-state index in [0.717, 1.165) is 38.2 Å². The van der Waals surface area contributed by atoms with Crippen LogP contribution in [-0.4, -0.2) is 63.3 Å². The van der Waals surface area contributed by atoms with E-state index >= 15 is 0 Å². The lowest BCUT2D eigenvalue weighted by Crippen LogP contribution is -2.57. The van der Waals surface area contributed by atoms with Gasteiger partial charge in [-0.05, 0) is 36.8 Å². The van der Waals surface area contributed by atoms with E-state index in [0.29, 0.717) is 18.4 Å². The van der Waals surface area contributed by atoms with Crippen molar-refractivity contribution in [3.63, 3.8) is 0 Å². The Labute approximate surface area is 162 Å². The summed E-state index contributed by atoms with van der Waals surface area (Å²) < 4.78 is 0. The van der Waals surface area contributed by atoms with Crippen LogP contribution < -0.4 is 0 Å². The lowest BCUT2D eigenvalue weighted by Gasteiger charge is -2.43. The van der Waals surface area contributed by atoms with Gasteiger partial charge in [0.1, 0.15) is 5.54 Å². The van der Waals surface area contributed by atoms with Crippen LogP contribution >= 0.6 is 0 Å². The molecule has 6 heteroatoms. The number of aromatic nitrogens is 1. The summed E-state index contributed by atoms with van der Waals surface area (Å²) in [5.41, 5.74) is 0.0712. The molecule has 1 aromatic rings. The molecule has 1 spiro atoms. The quantitative estimate of drug-likeness (QED) is 0.721. The Bertz CT molecular complexity index is 666. The van der Waals surface area contributed by atoms with Gasteiger partial charge in [0, 0.05) is 32.4 Å². The molecule has 0 unspecified atom stereocenters. The molecule has 3 heterocycles. The Morgan fingerprint density at radius 2 is 1.70 bits per heavy atom. The molecule has 2 fully saturated rings. The summed E-state index contributed by atoms with van der Waals surface area (Å²) in [6.07, 6.45) is 3.14. The molecule has 0 aromatic carbocycles. The van der Waals surface area contributed by atoms with Crippen LogP contribution in [0.4, 0.5) is 4.79 Å². The molecule has 2 aliphatic rings. The second kappa shape index (κ2) is 7.97. The van der Waals surface area contributed by atoms with Gasteiger partial charge in [-0.2, -0.15) is 0 Å². The Kier molecular flexibility index (Phi) is 5.84. The van der Waals surface area contributed by atoms with Gasteiger partial charge in [0.2, 0.25) is 0 Å². The summed E-state index contributed by atoms with van der Waals surface area (Å²) in [6.45, 7) is 12.3. The molecule has 0 N–H and O–H groups in total. The number of piperidine rings is 1. The monoisotopic (exact) mass is 372 g/mol. The number of pyridine rings is 1. The highest BCUT2D eigenvalue weighted by atomic mass is 16.2. The smallest absolute Gasteiger partial charge is 0.309 e. The van der Waals surface area contributed by atoms with Crippen molar-refractivity contribution in [2.24, 2.45) is 11.8 Å². The predicted octanol–water partition coefficient (Wildman–Crippen LogP) is 2.99. The number of carbonyl (C=O) groups excluding carboxylic acids is 2. The molecule has 0 aliphatic carbocycles. The molecular weight excluding hydrogens is 340 g/mol. The molecule has 3 rings (SSSR count). The standard InChI is InChI=1S/C21H32N4O2/c1-16(2)13-23-11-8-21(9-12-23)19(26)24(15-18-7-5-6-10-22-18)20(27)25(21)14-17(3)4/h5-7,10,16-17H,8-9,11-15H2,1-4H3. The number of imide groups is 1. The number of hydrogen-bond acceptors (Lipinski definition) is 4. The Morgan fingerprint density at radius 1 is 1.04 bits per heavy atom. The van der Waals surface area contributed by atoms with Crippen molar-refractivity contribution < 1.29 is 9.59 Å². The second-order valence-corrected chi connectivity index (χ2v) is 8.73. The molecule has 6 nitrogen and oxygen atoms in total. The number of rotatable bonds is 6. The predicted molar refractivity (Wildman–Crippen MR) is 105 cm³/mol. The molecule has 0 saturated carbocycles. The third-order valence-electron chi connectivity index (χ3n) is 5.52. The van der Waals surface area contributed by atoms with Gasteiger partial charge in [-0.1, -0.05) is 33.8 Å². The van der Waals surface area contributed by atoms with Crippen LogP contribution in [0.1, 0.15) is 46.2 Å². The van der Waals surface area contributed by atoms with Crippen molar-refractivity contribution in [2.75, 3.05) is 26.2 Å². The third kappa shape index (κ3) is 4.00. The van der Waals surface area contributed by atoms with E-state index in [9.17, 15) is 9.59 Å². The van der Waals surface area contributed by atoms with E-state index in [4.69, 9.17) is 0 Å². The van der Waals surface area contributed by atoms with E-state index in [2.05, 4.69) is 37.6 Å². The lowest BCUT2D eigenvalue weighted by atomic mass is 9.85. The van der Waals surface area contributed by atoms with Gasteiger partial charge in [-0.15, -0.1) is 0 Å². The zero-order valence-electron chi connectivity index (χ0n) is 17.0. The average Bonchev–Trinajstić information content (AvgIpc) is 2.80. The van der Waals surface area contributed by atoms with Crippen molar-refractivity contribution in [1.29, 1.82) is 0 Å². The molecule has 2 aliphatic heterocycles. The molecular formula is C21H32N4O2. The van der Waals surface area contributed by atoms with Crippen molar-refractivity contribution in [3.8, 4) is 0 Å². The summed E-state index contributed by atoms with van der Waals surface area (Å²) in [6, 6.07) is 5.44. The first-order valence-corrected chi connectivity index (χ1v) is 10.1. The van der Waals surface area contributed by atoms with Crippen molar-refractivity contribution >= 4 is 11.9 Å². The van der Waals surface area contributed by atoms with E-state index < -0.39 is 5.54 Å². The fraction of sp³-hybridized carbons (Fsp3) is 0.667. The van der Waals surface area contributed by atoms with Crippen LogP contribution in [-0.2, 0) is 11.3 Å². The van der Waals surface area contributed by atoms with Gasteiger partial charge in [-0.25, -0.2) is 4.79 Å². The maximum Gasteiger partial charge on any atom is 0.328 e. The minimum absolute atomic E-state index is 0.0389. The Morgan fingerprint density at radius 3 is 2.26 bits per heavy atom. The molecule has 0 atom stereocenters. The molecule has 148 valence electrons. The van der Waals surface area contributed by atoms with Crippen LogP contribution in [0, 0.1) is 11.8 Å². The highest BCUT2D eigenvalue weighted by Gasteiger charge is 2.57. The minimum atomic E-state index is -0.677. The zero-order chi connectivity index (χ0) is 19.6. The van der Waals surface area contributed by atoms with E-state index in [1.165, 1.54) is 4.90 Å². The summed E-state index contributed by atoms with van der Waals surface area (Å²) in [5, 5.41) is 0. The normalized spacial score (nSPS) is 20.5. The van der Waals surface area contributed by atoms with Crippen LogP contribution in [0.2, 0.25) is 0 Å². The molecule has 2 saturated heterocycles. The summed E-state index contributed by atoms with van der Waals surface area (Å²) in [7, 11) is 0. The summed E-state index contributed by atoms with van der Waals surface area (Å²) >= 11 is 0. The van der Waals surface area contributed by atoms with Gasteiger partial charge in [0.15, 0.2) is 0 Å². The molecule has 0 bridgehead atoms. The van der Waals surface area contributed by atoms with Crippen molar-refractivity contribution in [3.05, 3.63) is 30.1 Å². The first kappa shape index (κ1) is 19.8. The SMILES string of the molecule is CC(C)CN1CCC2(CC1)C(=O)N(Cc1ccccn1)C(=O)N2CC(C)C. The number of amides is 3. The molecule has 0 radical (unpaired) electrons. The number of nitrogens with zero attached hydrogens (tertiary/aromatic N) is 4. The maximum atomic E-state index is 13.4. The molecule has 1 aromatic heterocycles. The largest absolute Gasteiger partial charge is 0.328 e. The molecule has 3 amide bonds. The second-order valence-electron chi connectivity index (χ2n) is 8.73. The minimum Gasteiger partial charge on any atom is -0.309 e. The topological polar surface area (TPSA) is 56.8 Å². The third-order valence-corrected chi connectivity index (χ3v) is 5.52. The summed E-state index contributed by atoms with van der Waals surface area (Å²) in [5.74, 6) is 0.887. The van der Waals surface area contributed by atoms with Crippen LogP contribution in [0.15, 0.2) is 24.4 Å². The van der Waals surface area contributed by atoms with Crippen molar-refractivity contribution in [2.45, 2.75) is 52.6 Å². The Balaban J connectivity index is 1.82. The van der Waals surface area contributed by atoms with E-state index in [1.54, 1.807) is 6.20 Å². The summed E-state index contributed by atoms with van der Waals surface area (Å²) in [4.78, 5) is 36.6. The van der Waals surface area contributed by atoms with Crippen LogP contribution in [0.25, 0.3) is 0 Å². The van der Waals surface area contributed by atoms with Crippen molar-refractivity contribution in [1.82, 2.24) is 19.7 Å². The number of likely N-dealkylation sites (tertiary alicyclic amines) is 1. The zero-order valence-corrected chi connectivity index (χ0v) is 17.0. The first-order chi connectivity index (χ1) is 12.8. The number of hydrogen-bond donors (Lipinski definition) is 0. The highest BCUT2D eigenvalue weighted by Crippen LogP contribution is 2.38. The maximum absolute atomic E-state index is 13.4. The van der Waals surface area contributed by atoms with E-state index in [1.807, 2.05) is 23.1 Å². The fourth-order valence-electron chi connectivity index (χ4n) is 4.30.